The number of amides is 1. The third-order valence-electron chi connectivity index (χ3n) is 2.54. The second kappa shape index (κ2) is 5.35. The van der Waals surface area contributed by atoms with Gasteiger partial charge in [0.2, 0.25) is 5.91 Å². The van der Waals surface area contributed by atoms with Crippen molar-refractivity contribution in [1.82, 2.24) is 10.3 Å². The Morgan fingerprint density at radius 3 is 3.00 bits per heavy atom. The van der Waals surface area contributed by atoms with E-state index in [0.29, 0.717) is 24.0 Å². The van der Waals surface area contributed by atoms with Crippen molar-refractivity contribution in [2.45, 2.75) is 20.3 Å². The maximum Gasteiger partial charge on any atom is 0.224 e. The standard InChI is InChI=1S/C13H17N3OS/c1-8(2)7-15-12(17)6-9-3-4-10-11(5-9)18-13(14)16-10/h3-5,8H,6-7H2,1-2H3,(H2,14,16)(H,15,17). The highest BCUT2D eigenvalue weighted by molar-refractivity contribution is 7.22. The fourth-order valence-corrected chi connectivity index (χ4v) is 2.46. The molecule has 0 bridgehead atoms. The Bertz CT molecular complexity index is 562. The molecule has 0 aliphatic carbocycles. The maximum atomic E-state index is 11.7. The fourth-order valence-electron chi connectivity index (χ4n) is 1.66. The number of nitrogens with two attached hydrogens (primary N) is 1. The van der Waals surface area contributed by atoms with Gasteiger partial charge in [0.1, 0.15) is 0 Å². The average molecular weight is 263 g/mol. The number of hydrogen-bond donors (Lipinski definition) is 2. The van der Waals surface area contributed by atoms with Crippen molar-refractivity contribution in [3.05, 3.63) is 23.8 Å². The van der Waals surface area contributed by atoms with E-state index in [2.05, 4.69) is 24.1 Å². The summed E-state index contributed by atoms with van der Waals surface area (Å²) in [5.41, 5.74) is 7.54. The SMILES string of the molecule is CC(C)CNC(=O)Cc1ccc2nc(N)sc2c1. The number of benzene rings is 1. The molecule has 96 valence electrons. The molecule has 0 aliphatic heterocycles. The van der Waals surface area contributed by atoms with Gasteiger partial charge in [0.05, 0.1) is 16.6 Å². The lowest BCUT2D eigenvalue weighted by molar-refractivity contribution is -0.120. The number of rotatable bonds is 4. The number of fused-ring (bicyclic) bond motifs is 1. The molecule has 0 saturated heterocycles. The lowest BCUT2D eigenvalue weighted by Gasteiger charge is -2.07. The maximum absolute atomic E-state index is 11.7. The molecule has 18 heavy (non-hydrogen) atoms. The van der Waals surface area contributed by atoms with Gasteiger partial charge in [0, 0.05) is 6.54 Å². The van der Waals surface area contributed by atoms with Crippen LogP contribution in [0.3, 0.4) is 0 Å². The third kappa shape index (κ3) is 3.20. The first-order chi connectivity index (χ1) is 8.54. The minimum Gasteiger partial charge on any atom is -0.375 e. The Kier molecular flexibility index (Phi) is 3.81. The topological polar surface area (TPSA) is 68.0 Å². The molecule has 0 unspecified atom stereocenters. The minimum atomic E-state index is 0.0561. The highest BCUT2D eigenvalue weighted by atomic mass is 32.1. The summed E-state index contributed by atoms with van der Waals surface area (Å²) in [6.45, 7) is 4.87. The van der Waals surface area contributed by atoms with Crippen LogP contribution < -0.4 is 11.1 Å². The molecule has 5 heteroatoms. The summed E-state index contributed by atoms with van der Waals surface area (Å²) in [7, 11) is 0. The van der Waals surface area contributed by atoms with E-state index in [1.54, 1.807) is 0 Å². The van der Waals surface area contributed by atoms with Crippen LogP contribution in [0, 0.1) is 5.92 Å². The van der Waals surface area contributed by atoms with Crippen LogP contribution in [0.25, 0.3) is 10.2 Å². The number of aromatic nitrogens is 1. The van der Waals surface area contributed by atoms with Gasteiger partial charge in [-0.05, 0) is 23.6 Å². The largest absolute Gasteiger partial charge is 0.375 e. The van der Waals surface area contributed by atoms with E-state index in [1.807, 2.05) is 18.2 Å². The predicted molar refractivity (Wildman–Crippen MR) is 75.6 cm³/mol. The first-order valence-corrected chi connectivity index (χ1v) is 6.78. The van der Waals surface area contributed by atoms with Crippen molar-refractivity contribution >= 4 is 32.6 Å². The van der Waals surface area contributed by atoms with Gasteiger partial charge in [0.25, 0.3) is 0 Å². The molecule has 0 atom stereocenters. The van der Waals surface area contributed by atoms with Gasteiger partial charge in [-0.15, -0.1) is 0 Å². The van der Waals surface area contributed by atoms with E-state index >= 15 is 0 Å². The molecule has 4 nitrogen and oxygen atoms in total. The van der Waals surface area contributed by atoms with Gasteiger partial charge < -0.3 is 11.1 Å². The Balaban J connectivity index is 2.05. The quantitative estimate of drug-likeness (QED) is 0.888. The van der Waals surface area contributed by atoms with Gasteiger partial charge in [-0.1, -0.05) is 31.3 Å². The molecule has 0 fully saturated rings. The van der Waals surface area contributed by atoms with E-state index in [-0.39, 0.29) is 5.91 Å². The Hall–Kier alpha value is -1.62. The van der Waals surface area contributed by atoms with Crippen molar-refractivity contribution in [3.8, 4) is 0 Å². The predicted octanol–water partition coefficient (Wildman–Crippen LogP) is 2.19. The van der Waals surface area contributed by atoms with E-state index < -0.39 is 0 Å². The smallest absolute Gasteiger partial charge is 0.224 e. The summed E-state index contributed by atoms with van der Waals surface area (Å²) in [4.78, 5) is 15.9. The van der Waals surface area contributed by atoms with Crippen LogP contribution in [0.5, 0.6) is 0 Å². The minimum absolute atomic E-state index is 0.0561. The van der Waals surface area contributed by atoms with Crippen LogP contribution >= 0.6 is 11.3 Å². The summed E-state index contributed by atoms with van der Waals surface area (Å²) in [5.74, 6) is 0.526. The number of anilines is 1. The zero-order valence-corrected chi connectivity index (χ0v) is 11.4. The molecule has 1 heterocycles. The number of nitrogens with zero attached hydrogens (tertiary/aromatic N) is 1. The second-order valence-corrected chi connectivity index (χ2v) is 5.79. The van der Waals surface area contributed by atoms with Crippen LogP contribution in [-0.4, -0.2) is 17.4 Å². The summed E-state index contributed by atoms with van der Waals surface area (Å²) >= 11 is 1.45. The van der Waals surface area contributed by atoms with E-state index in [4.69, 9.17) is 5.73 Å². The Morgan fingerprint density at radius 1 is 1.50 bits per heavy atom. The Morgan fingerprint density at radius 2 is 2.28 bits per heavy atom. The number of thiazole rings is 1. The molecule has 2 rings (SSSR count). The lowest BCUT2D eigenvalue weighted by Crippen LogP contribution is -2.28. The van der Waals surface area contributed by atoms with Crippen molar-refractivity contribution in [2.24, 2.45) is 5.92 Å². The fraction of sp³-hybridized carbons (Fsp3) is 0.385. The Labute approximate surface area is 110 Å². The summed E-state index contributed by atoms with van der Waals surface area (Å²) in [5, 5.41) is 3.47. The molecule has 0 aliphatic rings. The summed E-state index contributed by atoms with van der Waals surface area (Å²) < 4.78 is 1.03. The number of hydrogen-bond acceptors (Lipinski definition) is 4. The zero-order chi connectivity index (χ0) is 13.1. The van der Waals surface area contributed by atoms with E-state index in [1.165, 1.54) is 11.3 Å². The molecular weight excluding hydrogens is 246 g/mol. The lowest BCUT2D eigenvalue weighted by atomic mass is 10.1. The molecular formula is C13H17N3OS. The highest BCUT2D eigenvalue weighted by Gasteiger charge is 2.06. The normalized spacial score (nSPS) is 11.1. The van der Waals surface area contributed by atoms with Crippen LogP contribution in [-0.2, 0) is 11.2 Å². The first kappa shape index (κ1) is 12.8. The first-order valence-electron chi connectivity index (χ1n) is 5.96. The molecule has 1 aromatic carbocycles. The summed E-state index contributed by atoms with van der Waals surface area (Å²) in [6, 6.07) is 5.82. The molecule has 0 radical (unpaired) electrons. The van der Waals surface area contributed by atoms with Gasteiger partial charge in [0.15, 0.2) is 5.13 Å². The van der Waals surface area contributed by atoms with Crippen LogP contribution in [0.15, 0.2) is 18.2 Å². The van der Waals surface area contributed by atoms with Crippen LogP contribution in [0.2, 0.25) is 0 Å². The molecule has 2 aromatic rings. The highest BCUT2D eigenvalue weighted by Crippen LogP contribution is 2.24. The number of nitrogens with one attached hydrogen (secondary N) is 1. The van der Waals surface area contributed by atoms with Gasteiger partial charge in [-0.25, -0.2) is 4.98 Å². The average Bonchev–Trinajstić information content (AvgIpc) is 2.66. The van der Waals surface area contributed by atoms with Gasteiger partial charge >= 0.3 is 0 Å². The van der Waals surface area contributed by atoms with Crippen molar-refractivity contribution < 1.29 is 4.79 Å². The monoisotopic (exact) mass is 263 g/mol. The van der Waals surface area contributed by atoms with Gasteiger partial charge in [-0.2, -0.15) is 0 Å². The van der Waals surface area contributed by atoms with Crippen molar-refractivity contribution in [1.29, 1.82) is 0 Å². The summed E-state index contributed by atoms with van der Waals surface area (Å²) in [6.07, 6.45) is 0.403. The molecule has 0 saturated carbocycles. The van der Waals surface area contributed by atoms with Crippen LogP contribution in [0.1, 0.15) is 19.4 Å². The van der Waals surface area contributed by atoms with Crippen molar-refractivity contribution in [3.63, 3.8) is 0 Å². The molecule has 0 spiro atoms. The van der Waals surface area contributed by atoms with Crippen molar-refractivity contribution in [2.75, 3.05) is 12.3 Å². The van der Waals surface area contributed by atoms with Crippen LogP contribution in [0.4, 0.5) is 5.13 Å². The third-order valence-corrected chi connectivity index (χ3v) is 3.39. The zero-order valence-electron chi connectivity index (χ0n) is 10.6. The number of carbonyl (C=O) groups is 1. The molecule has 1 amide bonds. The molecule has 1 aromatic heterocycles. The second-order valence-electron chi connectivity index (χ2n) is 4.73. The van der Waals surface area contributed by atoms with Gasteiger partial charge in [-0.3, -0.25) is 4.79 Å². The number of carbonyl (C=O) groups excluding carboxylic acids is 1. The molecule has 3 N–H and O–H groups in total. The number of nitrogen functional groups attached to an aromatic ring is 1. The van der Waals surface area contributed by atoms with E-state index in [9.17, 15) is 4.79 Å². The van der Waals surface area contributed by atoms with E-state index in [0.717, 1.165) is 15.8 Å².